The van der Waals surface area contributed by atoms with Gasteiger partial charge in [-0.3, -0.25) is 9.78 Å². The molecular formula is C26H25Cl2N3O2. The number of benzene rings is 2. The Labute approximate surface area is 203 Å². The quantitative estimate of drug-likeness (QED) is 0.479. The summed E-state index contributed by atoms with van der Waals surface area (Å²) in [4.78, 5) is 24.6. The predicted molar refractivity (Wildman–Crippen MR) is 130 cm³/mol. The number of carbonyl (C=O) groups excluding carboxylic acids is 1. The molecule has 2 aromatic carbocycles. The largest absolute Gasteiger partial charge is 0.381 e. The Bertz CT molecular complexity index is 1130. The van der Waals surface area contributed by atoms with E-state index >= 15 is 0 Å². The van der Waals surface area contributed by atoms with E-state index in [2.05, 4.69) is 0 Å². The number of amides is 1. The standard InChI is InChI=1S/C26H25Cl2N3O2/c27-21-5-1-18(2-6-21)24-25(19-3-7-22(28)8-4-19)30-23(14-29-24)13-17-9-11-31(15-17)26(32)20-10-12-33-16-20/h1-8,14,17,20H,9-13,15-16H2/t17-,20?/m1/s1. The number of aromatic nitrogens is 2. The molecule has 0 spiro atoms. The van der Waals surface area contributed by atoms with Gasteiger partial charge < -0.3 is 9.64 Å². The predicted octanol–water partition coefficient (Wildman–Crippen LogP) is 5.54. The Hall–Kier alpha value is -2.47. The van der Waals surface area contributed by atoms with E-state index < -0.39 is 0 Å². The van der Waals surface area contributed by atoms with E-state index in [1.165, 1.54) is 0 Å². The van der Waals surface area contributed by atoms with Crippen molar-refractivity contribution >= 4 is 29.1 Å². The van der Waals surface area contributed by atoms with Gasteiger partial charge in [-0.05, 0) is 49.4 Å². The first kappa shape index (κ1) is 22.3. The van der Waals surface area contributed by atoms with Gasteiger partial charge in [-0.2, -0.15) is 0 Å². The van der Waals surface area contributed by atoms with E-state index in [0.29, 0.717) is 29.2 Å². The van der Waals surface area contributed by atoms with Crippen molar-refractivity contribution in [1.82, 2.24) is 14.9 Å². The molecule has 2 fully saturated rings. The zero-order valence-corrected chi connectivity index (χ0v) is 19.7. The van der Waals surface area contributed by atoms with Crippen LogP contribution in [0.5, 0.6) is 0 Å². The molecule has 5 rings (SSSR count). The molecule has 33 heavy (non-hydrogen) atoms. The lowest BCUT2D eigenvalue weighted by atomic mass is 10.0. The zero-order chi connectivity index (χ0) is 22.8. The highest BCUT2D eigenvalue weighted by Gasteiger charge is 2.33. The fourth-order valence-corrected chi connectivity index (χ4v) is 4.89. The van der Waals surface area contributed by atoms with Gasteiger partial charge in [0, 0.05) is 47.1 Å². The van der Waals surface area contributed by atoms with Crippen molar-refractivity contribution in [3.63, 3.8) is 0 Å². The van der Waals surface area contributed by atoms with Crippen LogP contribution in [0.15, 0.2) is 54.7 Å². The van der Waals surface area contributed by atoms with Crippen molar-refractivity contribution in [3.8, 4) is 22.5 Å². The fourth-order valence-electron chi connectivity index (χ4n) is 4.63. The third-order valence-corrected chi connectivity index (χ3v) is 6.94. The number of ether oxygens (including phenoxy) is 1. The van der Waals surface area contributed by atoms with Crippen LogP contribution >= 0.6 is 23.2 Å². The second-order valence-electron chi connectivity index (χ2n) is 8.78. The number of nitrogens with zero attached hydrogens (tertiary/aromatic N) is 3. The van der Waals surface area contributed by atoms with Gasteiger partial charge in [-0.25, -0.2) is 4.98 Å². The van der Waals surface area contributed by atoms with Crippen LogP contribution in [0.1, 0.15) is 18.5 Å². The van der Waals surface area contributed by atoms with E-state index in [4.69, 9.17) is 37.9 Å². The molecule has 0 saturated carbocycles. The highest BCUT2D eigenvalue weighted by atomic mass is 35.5. The molecular weight excluding hydrogens is 457 g/mol. The highest BCUT2D eigenvalue weighted by molar-refractivity contribution is 6.31. The summed E-state index contributed by atoms with van der Waals surface area (Å²) >= 11 is 12.2. The first-order valence-electron chi connectivity index (χ1n) is 11.3. The summed E-state index contributed by atoms with van der Waals surface area (Å²) in [6, 6.07) is 15.3. The fraction of sp³-hybridized carbons (Fsp3) is 0.346. The minimum atomic E-state index is 0.0266. The van der Waals surface area contributed by atoms with Crippen LogP contribution < -0.4 is 0 Å². The molecule has 0 N–H and O–H groups in total. The molecule has 2 saturated heterocycles. The lowest BCUT2D eigenvalue weighted by Gasteiger charge is -2.20. The van der Waals surface area contributed by atoms with E-state index in [9.17, 15) is 4.79 Å². The van der Waals surface area contributed by atoms with Crippen molar-refractivity contribution in [2.24, 2.45) is 11.8 Å². The van der Waals surface area contributed by atoms with Crippen LogP contribution in [-0.4, -0.2) is 47.1 Å². The maximum Gasteiger partial charge on any atom is 0.228 e. The molecule has 0 aliphatic carbocycles. The smallest absolute Gasteiger partial charge is 0.228 e. The van der Waals surface area contributed by atoms with E-state index in [0.717, 1.165) is 60.6 Å². The summed E-state index contributed by atoms with van der Waals surface area (Å²) in [6.07, 6.45) is 4.47. The topological polar surface area (TPSA) is 55.3 Å². The molecule has 7 heteroatoms. The van der Waals surface area contributed by atoms with Crippen molar-refractivity contribution in [3.05, 3.63) is 70.5 Å². The van der Waals surface area contributed by atoms with Gasteiger partial charge >= 0.3 is 0 Å². The molecule has 0 radical (unpaired) electrons. The van der Waals surface area contributed by atoms with Crippen molar-refractivity contribution < 1.29 is 9.53 Å². The van der Waals surface area contributed by atoms with Crippen LogP contribution in [0.4, 0.5) is 0 Å². The van der Waals surface area contributed by atoms with Crippen LogP contribution in [0.25, 0.3) is 22.5 Å². The number of rotatable bonds is 5. The Morgan fingerprint density at radius 3 is 2.27 bits per heavy atom. The summed E-state index contributed by atoms with van der Waals surface area (Å²) in [7, 11) is 0. The molecule has 170 valence electrons. The molecule has 1 aromatic heterocycles. The van der Waals surface area contributed by atoms with Crippen LogP contribution in [0.2, 0.25) is 10.0 Å². The average molecular weight is 482 g/mol. The second kappa shape index (κ2) is 9.80. The molecule has 0 bridgehead atoms. The Balaban J connectivity index is 1.38. The van der Waals surface area contributed by atoms with Crippen LogP contribution in [-0.2, 0) is 16.0 Å². The van der Waals surface area contributed by atoms with Gasteiger partial charge in [0.05, 0.1) is 29.6 Å². The van der Waals surface area contributed by atoms with Crippen LogP contribution in [0, 0.1) is 11.8 Å². The van der Waals surface area contributed by atoms with Gasteiger partial charge in [0.2, 0.25) is 5.91 Å². The maximum absolute atomic E-state index is 12.7. The molecule has 2 aliphatic heterocycles. The molecule has 1 unspecified atom stereocenters. The minimum absolute atomic E-state index is 0.0266. The average Bonchev–Trinajstić information content (AvgIpc) is 3.53. The van der Waals surface area contributed by atoms with Gasteiger partial charge in [0.1, 0.15) is 0 Å². The van der Waals surface area contributed by atoms with E-state index in [1.807, 2.05) is 59.6 Å². The third kappa shape index (κ3) is 5.06. The molecule has 2 atom stereocenters. The Morgan fingerprint density at radius 1 is 0.970 bits per heavy atom. The first-order chi connectivity index (χ1) is 16.1. The summed E-state index contributed by atoms with van der Waals surface area (Å²) in [5.74, 6) is 0.643. The maximum atomic E-state index is 12.7. The first-order valence-corrected chi connectivity index (χ1v) is 12.1. The SMILES string of the molecule is O=C(C1CCOC1)N1CC[C@H](Cc2cnc(-c3ccc(Cl)cc3)c(-c3ccc(Cl)cc3)n2)C1. The number of likely N-dealkylation sites (tertiary alicyclic amines) is 1. The van der Waals surface area contributed by atoms with Crippen LogP contribution in [0.3, 0.4) is 0 Å². The zero-order valence-electron chi connectivity index (χ0n) is 18.2. The Morgan fingerprint density at radius 2 is 1.64 bits per heavy atom. The second-order valence-corrected chi connectivity index (χ2v) is 9.65. The molecule has 3 aromatic rings. The number of halogens is 2. The number of carbonyl (C=O) groups is 1. The van der Waals surface area contributed by atoms with Gasteiger partial charge in [-0.1, -0.05) is 47.5 Å². The monoisotopic (exact) mass is 481 g/mol. The molecule has 2 aliphatic rings. The van der Waals surface area contributed by atoms with E-state index in [1.54, 1.807) is 0 Å². The third-order valence-electron chi connectivity index (χ3n) is 6.43. The van der Waals surface area contributed by atoms with Crippen molar-refractivity contribution in [1.29, 1.82) is 0 Å². The summed E-state index contributed by atoms with van der Waals surface area (Å²) in [5.41, 5.74) is 4.48. The summed E-state index contributed by atoms with van der Waals surface area (Å²) < 4.78 is 5.40. The molecule has 1 amide bonds. The van der Waals surface area contributed by atoms with Crippen molar-refractivity contribution in [2.75, 3.05) is 26.3 Å². The van der Waals surface area contributed by atoms with Crippen molar-refractivity contribution in [2.45, 2.75) is 19.3 Å². The van der Waals surface area contributed by atoms with E-state index in [-0.39, 0.29) is 11.8 Å². The van der Waals surface area contributed by atoms with Gasteiger partial charge in [-0.15, -0.1) is 0 Å². The minimum Gasteiger partial charge on any atom is -0.381 e. The summed E-state index contributed by atoms with van der Waals surface area (Å²) in [5, 5.41) is 1.36. The number of hydrogen-bond donors (Lipinski definition) is 0. The molecule has 3 heterocycles. The number of hydrogen-bond acceptors (Lipinski definition) is 4. The van der Waals surface area contributed by atoms with Gasteiger partial charge in [0.25, 0.3) is 0 Å². The molecule has 5 nitrogen and oxygen atoms in total. The van der Waals surface area contributed by atoms with Gasteiger partial charge in [0.15, 0.2) is 0 Å². The highest BCUT2D eigenvalue weighted by Crippen LogP contribution is 2.32. The lowest BCUT2D eigenvalue weighted by Crippen LogP contribution is -2.34. The summed E-state index contributed by atoms with van der Waals surface area (Å²) in [6.45, 7) is 2.82. The Kier molecular flexibility index (Phi) is 6.63. The normalized spacial score (nSPS) is 20.4. The lowest BCUT2D eigenvalue weighted by molar-refractivity contribution is -0.134.